The SMILES string of the molecule is Cc1ccc(-n2c3ccc(-c4ccc(C(CC(C)(C)C)C(C)(C)C)cc4)cc3c3cc(-c4ccc(N(c5ccc(-c6ccccc6)cc5)c5ccc(C6C=CC=CC6)cc5)cc4)ccc32)cc1. The van der Waals surface area contributed by atoms with Crippen molar-refractivity contribution in [1.82, 2.24) is 4.57 Å². The van der Waals surface area contributed by atoms with Crippen molar-refractivity contribution in [3.63, 3.8) is 0 Å². The van der Waals surface area contributed by atoms with E-state index in [0.717, 1.165) is 29.9 Å². The van der Waals surface area contributed by atoms with Gasteiger partial charge in [-0.1, -0.05) is 187 Å². The molecule has 0 spiro atoms. The summed E-state index contributed by atoms with van der Waals surface area (Å²) in [5.41, 5.74) is 18.7. The number of allylic oxidation sites excluding steroid dienone is 4. The third kappa shape index (κ3) is 9.19. The average molecular weight is 871 g/mol. The van der Waals surface area contributed by atoms with Crippen molar-refractivity contribution in [2.24, 2.45) is 10.8 Å². The second-order valence-corrected chi connectivity index (χ2v) is 21.0. The lowest BCUT2D eigenvalue weighted by molar-refractivity contribution is 0.229. The molecule has 2 nitrogen and oxygen atoms in total. The summed E-state index contributed by atoms with van der Waals surface area (Å²) in [6, 6.07) is 70.2. The van der Waals surface area contributed by atoms with Gasteiger partial charge in [0.05, 0.1) is 11.0 Å². The first-order valence-electron chi connectivity index (χ1n) is 24.1. The summed E-state index contributed by atoms with van der Waals surface area (Å²) in [5, 5.41) is 2.50. The van der Waals surface area contributed by atoms with Crippen LogP contribution in [0.25, 0.3) is 60.9 Å². The van der Waals surface area contributed by atoms with Crippen LogP contribution in [0.5, 0.6) is 0 Å². The summed E-state index contributed by atoms with van der Waals surface area (Å²) in [4.78, 5) is 2.37. The Morgan fingerprint density at radius 1 is 0.507 bits per heavy atom. The third-order valence-corrected chi connectivity index (χ3v) is 13.8. The first-order valence-corrected chi connectivity index (χ1v) is 24.1. The van der Waals surface area contributed by atoms with Gasteiger partial charge in [-0.15, -0.1) is 0 Å². The Morgan fingerprint density at radius 3 is 1.48 bits per heavy atom. The topological polar surface area (TPSA) is 8.17 Å². The quantitative estimate of drug-likeness (QED) is 0.133. The second-order valence-electron chi connectivity index (χ2n) is 21.0. The molecule has 1 heterocycles. The van der Waals surface area contributed by atoms with E-state index in [1.807, 2.05) is 0 Å². The second kappa shape index (κ2) is 17.9. The maximum Gasteiger partial charge on any atom is 0.0541 e. The highest BCUT2D eigenvalue weighted by atomic mass is 15.1. The molecule has 0 aliphatic heterocycles. The van der Waals surface area contributed by atoms with Crippen LogP contribution in [0, 0.1) is 17.8 Å². The normalized spacial score (nSPS) is 14.5. The molecule has 2 unspecified atom stereocenters. The fourth-order valence-electron chi connectivity index (χ4n) is 10.2. The zero-order valence-electron chi connectivity index (χ0n) is 40.2. The van der Waals surface area contributed by atoms with Gasteiger partial charge >= 0.3 is 0 Å². The number of rotatable bonds is 10. The predicted molar refractivity (Wildman–Crippen MR) is 288 cm³/mol. The van der Waals surface area contributed by atoms with Crippen LogP contribution >= 0.6 is 0 Å². The minimum atomic E-state index is 0.175. The van der Waals surface area contributed by atoms with E-state index in [4.69, 9.17) is 0 Å². The number of aromatic nitrogens is 1. The first kappa shape index (κ1) is 43.7. The molecule has 0 saturated heterocycles. The van der Waals surface area contributed by atoms with Crippen LogP contribution in [0.4, 0.5) is 17.1 Å². The number of benzene rings is 8. The summed E-state index contributed by atoms with van der Waals surface area (Å²) in [5.74, 6) is 0.884. The molecule has 67 heavy (non-hydrogen) atoms. The van der Waals surface area contributed by atoms with Crippen molar-refractivity contribution in [2.75, 3.05) is 4.90 Å². The van der Waals surface area contributed by atoms with Crippen molar-refractivity contribution in [3.8, 4) is 39.1 Å². The predicted octanol–water partition coefficient (Wildman–Crippen LogP) is 18.7. The molecule has 0 bridgehead atoms. The largest absolute Gasteiger partial charge is 0.311 e. The number of nitrogens with zero attached hydrogens (tertiary/aromatic N) is 2. The Balaban J connectivity index is 1.03. The van der Waals surface area contributed by atoms with E-state index < -0.39 is 0 Å². The molecule has 9 aromatic rings. The molecule has 0 radical (unpaired) electrons. The summed E-state index contributed by atoms with van der Waals surface area (Å²) in [6.45, 7) is 16.4. The van der Waals surface area contributed by atoms with E-state index in [-0.39, 0.29) is 10.8 Å². The van der Waals surface area contributed by atoms with Crippen LogP contribution in [0.15, 0.2) is 212 Å². The molecule has 1 aliphatic rings. The van der Waals surface area contributed by atoms with Crippen molar-refractivity contribution in [2.45, 2.75) is 73.1 Å². The van der Waals surface area contributed by atoms with Gasteiger partial charge < -0.3 is 9.47 Å². The maximum atomic E-state index is 2.43. The highest BCUT2D eigenvalue weighted by Gasteiger charge is 2.30. The fraction of sp³-hybridized carbons (Fsp3) is 0.200. The Bertz CT molecular complexity index is 3210. The standard InChI is InChI=1S/C65H62N2/c1-45-18-32-58(33-19-45)67-62-40-30-53(50-20-22-52(23-21-50)61(65(5,6)7)44-64(2,3)4)42-59(62)60-43-54(31-41-63(60)67)51-28-38-57(39-29-51)66(55-34-24-48(25-35-55)46-14-10-8-11-15-46)56-36-26-49(27-37-56)47-16-12-9-13-17-47/h8-16,18-43,47,61H,17,44H2,1-7H3. The average Bonchev–Trinajstić information content (AvgIpc) is 3.67. The van der Waals surface area contributed by atoms with Crippen molar-refractivity contribution in [1.29, 1.82) is 0 Å². The zero-order valence-corrected chi connectivity index (χ0v) is 40.2. The van der Waals surface area contributed by atoms with Gasteiger partial charge in [0.15, 0.2) is 0 Å². The molecule has 10 rings (SSSR count). The molecular formula is C65H62N2. The van der Waals surface area contributed by atoms with Gasteiger partial charge in [0.25, 0.3) is 0 Å². The molecule has 0 amide bonds. The van der Waals surface area contributed by atoms with Crippen LogP contribution in [-0.4, -0.2) is 4.57 Å². The molecular weight excluding hydrogens is 809 g/mol. The number of hydrogen-bond acceptors (Lipinski definition) is 1. The Kier molecular flexibility index (Phi) is 11.7. The molecule has 2 atom stereocenters. The van der Waals surface area contributed by atoms with Gasteiger partial charge in [-0.05, 0) is 154 Å². The highest BCUT2D eigenvalue weighted by Crippen LogP contribution is 2.45. The third-order valence-electron chi connectivity index (χ3n) is 13.8. The van der Waals surface area contributed by atoms with E-state index in [9.17, 15) is 0 Å². The molecule has 1 aromatic heterocycles. The van der Waals surface area contributed by atoms with Gasteiger partial charge in [-0.2, -0.15) is 0 Å². The minimum absolute atomic E-state index is 0.175. The van der Waals surface area contributed by atoms with Crippen LogP contribution < -0.4 is 4.90 Å². The van der Waals surface area contributed by atoms with Crippen LogP contribution in [0.1, 0.15) is 82.9 Å². The smallest absolute Gasteiger partial charge is 0.0541 e. The lowest BCUT2D eigenvalue weighted by Gasteiger charge is -2.36. The molecule has 8 aromatic carbocycles. The number of hydrogen-bond donors (Lipinski definition) is 0. The van der Waals surface area contributed by atoms with Gasteiger partial charge in [-0.25, -0.2) is 0 Å². The monoisotopic (exact) mass is 870 g/mol. The molecule has 0 N–H and O–H groups in total. The van der Waals surface area contributed by atoms with E-state index in [0.29, 0.717) is 11.8 Å². The molecule has 0 saturated carbocycles. The van der Waals surface area contributed by atoms with Gasteiger partial charge in [-0.3, -0.25) is 0 Å². The van der Waals surface area contributed by atoms with E-state index in [1.54, 1.807) is 0 Å². The molecule has 1 aliphatic carbocycles. The van der Waals surface area contributed by atoms with E-state index >= 15 is 0 Å². The minimum Gasteiger partial charge on any atom is -0.311 e. The lowest BCUT2D eigenvalue weighted by atomic mass is 9.69. The summed E-state index contributed by atoms with van der Waals surface area (Å²) in [6.07, 6.45) is 11.1. The molecule has 0 fully saturated rings. The Morgan fingerprint density at radius 2 is 0.985 bits per heavy atom. The fourth-order valence-corrected chi connectivity index (χ4v) is 10.2. The Labute approximate surface area is 398 Å². The van der Waals surface area contributed by atoms with Crippen LogP contribution in [-0.2, 0) is 0 Å². The van der Waals surface area contributed by atoms with Gasteiger partial charge in [0.1, 0.15) is 0 Å². The van der Waals surface area contributed by atoms with Crippen molar-refractivity contribution < 1.29 is 0 Å². The van der Waals surface area contributed by atoms with Crippen molar-refractivity contribution in [3.05, 3.63) is 229 Å². The Hall–Kier alpha value is -7.16. The lowest BCUT2D eigenvalue weighted by Crippen LogP contribution is -2.23. The highest BCUT2D eigenvalue weighted by molar-refractivity contribution is 6.11. The summed E-state index contributed by atoms with van der Waals surface area (Å²) >= 11 is 0. The van der Waals surface area contributed by atoms with E-state index in [2.05, 4.69) is 270 Å². The van der Waals surface area contributed by atoms with Crippen LogP contribution in [0.2, 0.25) is 0 Å². The summed E-state index contributed by atoms with van der Waals surface area (Å²) in [7, 11) is 0. The zero-order chi connectivity index (χ0) is 46.3. The van der Waals surface area contributed by atoms with Gasteiger partial charge in [0.2, 0.25) is 0 Å². The summed E-state index contributed by atoms with van der Waals surface area (Å²) < 4.78 is 2.43. The molecule has 332 valence electrons. The van der Waals surface area contributed by atoms with Crippen LogP contribution in [0.3, 0.4) is 0 Å². The number of aryl methyl sites for hydroxylation is 1. The number of anilines is 3. The van der Waals surface area contributed by atoms with Crippen molar-refractivity contribution >= 4 is 38.9 Å². The number of fused-ring (bicyclic) bond motifs is 3. The molecule has 2 heteroatoms. The first-order chi connectivity index (χ1) is 32.4. The van der Waals surface area contributed by atoms with Gasteiger partial charge in [0, 0.05) is 39.4 Å². The van der Waals surface area contributed by atoms with E-state index in [1.165, 1.54) is 77.6 Å². The maximum absolute atomic E-state index is 2.43.